The van der Waals surface area contributed by atoms with E-state index in [4.69, 9.17) is 16.3 Å². The van der Waals surface area contributed by atoms with Crippen molar-refractivity contribution in [1.82, 2.24) is 4.98 Å². The molecule has 2 aromatic carbocycles. The number of halogens is 1. The number of carbonyl (C=O) groups excluding carboxylic acids is 2. The fourth-order valence-electron chi connectivity index (χ4n) is 2.36. The number of nitrogens with one attached hydrogen (secondary N) is 2. The Morgan fingerprint density at radius 2 is 1.63 bits per heavy atom. The molecule has 3 aromatic rings. The van der Waals surface area contributed by atoms with Gasteiger partial charge in [-0.3, -0.25) is 14.6 Å². The largest absolute Gasteiger partial charge is 0.497 e. The van der Waals surface area contributed by atoms with Crippen LogP contribution in [0.2, 0.25) is 5.02 Å². The van der Waals surface area contributed by atoms with Crippen molar-refractivity contribution in [3.8, 4) is 5.75 Å². The summed E-state index contributed by atoms with van der Waals surface area (Å²) in [6.45, 7) is 0. The van der Waals surface area contributed by atoms with Crippen molar-refractivity contribution in [3.05, 3.63) is 83.1 Å². The van der Waals surface area contributed by atoms with Crippen molar-refractivity contribution >= 4 is 34.8 Å². The van der Waals surface area contributed by atoms with Crippen LogP contribution in [0.5, 0.6) is 5.75 Å². The maximum atomic E-state index is 12.4. The summed E-state index contributed by atoms with van der Waals surface area (Å²) >= 11 is 5.92. The number of aromatic nitrogens is 1. The summed E-state index contributed by atoms with van der Waals surface area (Å²) in [5.41, 5.74) is 1.55. The Hall–Kier alpha value is -3.38. The highest BCUT2D eigenvalue weighted by Gasteiger charge is 2.13. The van der Waals surface area contributed by atoms with E-state index in [-0.39, 0.29) is 11.6 Å². The smallest absolute Gasteiger partial charge is 0.274 e. The highest BCUT2D eigenvalue weighted by Crippen LogP contribution is 2.18. The molecule has 1 aromatic heterocycles. The first-order chi connectivity index (χ1) is 13.0. The van der Waals surface area contributed by atoms with Gasteiger partial charge in [0.15, 0.2) is 0 Å². The van der Waals surface area contributed by atoms with Crippen molar-refractivity contribution in [2.75, 3.05) is 17.7 Å². The molecule has 0 spiro atoms. The molecule has 0 unspecified atom stereocenters. The van der Waals surface area contributed by atoms with E-state index in [2.05, 4.69) is 15.6 Å². The van der Waals surface area contributed by atoms with Crippen LogP contribution in [0.25, 0.3) is 0 Å². The van der Waals surface area contributed by atoms with Gasteiger partial charge in [0.05, 0.1) is 7.11 Å². The van der Waals surface area contributed by atoms with E-state index >= 15 is 0 Å². The summed E-state index contributed by atoms with van der Waals surface area (Å²) in [5, 5.41) is 5.97. The highest BCUT2D eigenvalue weighted by atomic mass is 35.5. The van der Waals surface area contributed by atoms with Gasteiger partial charge in [0, 0.05) is 34.2 Å². The van der Waals surface area contributed by atoms with Crippen LogP contribution in [0.3, 0.4) is 0 Å². The fourth-order valence-corrected chi connectivity index (χ4v) is 2.55. The quantitative estimate of drug-likeness (QED) is 0.692. The number of benzene rings is 2. The number of methoxy groups -OCH3 is 1. The molecule has 0 atom stereocenters. The van der Waals surface area contributed by atoms with E-state index < -0.39 is 5.91 Å². The number of rotatable bonds is 5. The van der Waals surface area contributed by atoms with E-state index in [1.54, 1.807) is 55.6 Å². The van der Waals surface area contributed by atoms with E-state index in [0.717, 1.165) is 0 Å². The van der Waals surface area contributed by atoms with Gasteiger partial charge in [-0.25, -0.2) is 0 Å². The number of hydrogen-bond acceptors (Lipinski definition) is 4. The maximum Gasteiger partial charge on any atom is 0.274 e. The van der Waals surface area contributed by atoms with Crippen LogP contribution in [0.15, 0.2) is 66.9 Å². The lowest BCUT2D eigenvalue weighted by Gasteiger charge is -2.08. The molecule has 0 aliphatic heterocycles. The van der Waals surface area contributed by atoms with Crippen molar-refractivity contribution in [2.45, 2.75) is 0 Å². The van der Waals surface area contributed by atoms with Crippen LogP contribution in [-0.2, 0) is 0 Å². The molecule has 2 amide bonds. The van der Waals surface area contributed by atoms with Gasteiger partial charge in [-0.2, -0.15) is 0 Å². The standard InChI is InChI=1S/C20H16ClN3O3/c1-27-17-7-3-6-16(12-17)24-20(26)18-10-13(8-9-22-18)19(25)23-15-5-2-4-14(21)11-15/h2-12H,1H3,(H,23,25)(H,24,26). The van der Waals surface area contributed by atoms with E-state index in [0.29, 0.717) is 27.7 Å². The Morgan fingerprint density at radius 3 is 2.37 bits per heavy atom. The Morgan fingerprint density at radius 1 is 0.926 bits per heavy atom. The Kier molecular flexibility index (Phi) is 5.68. The fraction of sp³-hybridized carbons (Fsp3) is 0.0500. The summed E-state index contributed by atoms with van der Waals surface area (Å²) in [6, 6.07) is 16.7. The van der Waals surface area contributed by atoms with Gasteiger partial charge < -0.3 is 15.4 Å². The molecule has 136 valence electrons. The minimum Gasteiger partial charge on any atom is -0.497 e. The lowest BCUT2D eigenvalue weighted by Crippen LogP contribution is -2.17. The number of pyridine rings is 1. The van der Waals surface area contributed by atoms with E-state index in [1.165, 1.54) is 18.3 Å². The molecule has 27 heavy (non-hydrogen) atoms. The van der Waals surface area contributed by atoms with Gasteiger partial charge >= 0.3 is 0 Å². The first kappa shape index (κ1) is 18.4. The summed E-state index contributed by atoms with van der Waals surface area (Å²) in [6.07, 6.45) is 1.41. The number of carbonyl (C=O) groups is 2. The van der Waals surface area contributed by atoms with E-state index in [9.17, 15) is 9.59 Å². The molecule has 2 N–H and O–H groups in total. The third-order valence-electron chi connectivity index (χ3n) is 3.66. The van der Waals surface area contributed by atoms with Crippen molar-refractivity contribution in [2.24, 2.45) is 0 Å². The van der Waals surface area contributed by atoms with Crippen LogP contribution in [0.1, 0.15) is 20.8 Å². The van der Waals surface area contributed by atoms with Gasteiger partial charge in [0.25, 0.3) is 11.8 Å². The molecule has 1 heterocycles. The second kappa shape index (κ2) is 8.33. The number of nitrogens with zero attached hydrogens (tertiary/aromatic N) is 1. The second-order valence-electron chi connectivity index (χ2n) is 5.58. The first-order valence-electron chi connectivity index (χ1n) is 8.03. The van der Waals surface area contributed by atoms with Crippen LogP contribution in [0, 0.1) is 0 Å². The summed E-state index contributed by atoms with van der Waals surface area (Å²) in [5.74, 6) is -0.175. The summed E-state index contributed by atoms with van der Waals surface area (Å²) in [4.78, 5) is 28.9. The normalized spacial score (nSPS) is 10.1. The van der Waals surface area contributed by atoms with Gasteiger partial charge in [-0.05, 0) is 42.5 Å². The molecule has 0 radical (unpaired) electrons. The molecule has 0 bridgehead atoms. The van der Waals surface area contributed by atoms with Gasteiger partial charge in [0.2, 0.25) is 0 Å². The Labute approximate surface area is 161 Å². The zero-order valence-electron chi connectivity index (χ0n) is 14.4. The number of hydrogen-bond donors (Lipinski definition) is 2. The van der Waals surface area contributed by atoms with Crippen molar-refractivity contribution < 1.29 is 14.3 Å². The average molecular weight is 382 g/mol. The van der Waals surface area contributed by atoms with Gasteiger partial charge in [0.1, 0.15) is 11.4 Å². The highest BCUT2D eigenvalue weighted by molar-refractivity contribution is 6.31. The summed E-state index contributed by atoms with van der Waals surface area (Å²) in [7, 11) is 1.55. The van der Waals surface area contributed by atoms with Gasteiger partial charge in [-0.15, -0.1) is 0 Å². The van der Waals surface area contributed by atoms with Crippen molar-refractivity contribution in [3.63, 3.8) is 0 Å². The molecule has 0 saturated heterocycles. The Bertz CT molecular complexity index is 991. The number of amides is 2. The molecule has 7 heteroatoms. The predicted octanol–water partition coefficient (Wildman–Crippen LogP) is 4.25. The monoisotopic (exact) mass is 381 g/mol. The van der Waals surface area contributed by atoms with Crippen LogP contribution in [0.4, 0.5) is 11.4 Å². The SMILES string of the molecule is COc1cccc(NC(=O)c2cc(C(=O)Nc3cccc(Cl)c3)ccn2)c1. The zero-order chi connectivity index (χ0) is 19.2. The topological polar surface area (TPSA) is 80.3 Å². The molecule has 0 aliphatic rings. The first-order valence-corrected chi connectivity index (χ1v) is 8.41. The lowest BCUT2D eigenvalue weighted by atomic mass is 10.2. The summed E-state index contributed by atoms with van der Waals surface area (Å²) < 4.78 is 5.13. The third kappa shape index (κ3) is 4.83. The minimum atomic E-state index is -0.430. The second-order valence-corrected chi connectivity index (χ2v) is 6.02. The van der Waals surface area contributed by atoms with Crippen molar-refractivity contribution in [1.29, 1.82) is 0 Å². The Balaban J connectivity index is 1.74. The molecule has 6 nitrogen and oxygen atoms in total. The molecular formula is C20H16ClN3O3. The van der Waals surface area contributed by atoms with Crippen LogP contribution < -0.4 is 15.4 Å². The predicted molar refractivity (Wildman–Crippen MR) is 105 cm³/mol. The van der Waals surface area contributed by atoms with Crippen LogP contribution in [-0.4, -0.2) is 23.9 Å². The van der Waals surface area contributed by atoms with Crippen LogP contribution >= 0.6 is 11.6 Å². The number of ether oxygens (including phenoxy) is 1. The molecular weight excluding hydrogens is 366 g/mol. The minimum absolute atomic E-state index is 0.122. The van der Waals surface area contributed by atoms with E-state index in [1.807, 2.05) is 0 Å². The maximum absolute atomic E-state index is 12.4. The molecule has 0 saturated carbocycles. The average Bonchev–Trinajstić information content (AvgIpc) is 2.68. The zero-order valence-corrected chi connectivity index (χ0v) is 15.2. The molecule has 3 rings (SSSR count). The number of anilines is 2. The molecule has 0 aliphatic carbocycles. The molecule has 0 fully saturated rings. The van der Waals surface area contributed by atoms with Gasteiger partial charge in [-0.1, -0.05) is 23.7 Å². The third-order valence-corrected chi connectivity index (χ3v) is 3.90. The lowest BCUT2D eigenvalue weighted by molar-refractivity contribution is 0.102.